The fourth-order valence-corrected chi connectivity index (χ4v) is 4.48. The van der Waals surface area contributed by atoms with E-state index in [2.05, 4.69) is 6.92 Å². The third-order valence-corrected chi connectivity index (χ3v) is 6.19. The molecule has 1 heterocycles. The van der Waals surface area contributed by atoms with Crippen molar-refractivity contribution in [1.82, 2.24) is 4.31 Å². The van der Waals surface area contributed by atoms with Crippen molar-refractivity contribution in [2.24, 2.45) is 11.7 Å². The summed E-state index contributed by atoms with van der Waals surface area (Å²) >= 11 is 0. The van der Waals surface area contributed by atoms with E-state index in [9.17, 15) is 8.42 Å². The van der Waals surface area contributed by atoms with Gasteiger partial charge in [0.25, 0.3) is 0 Å². The third kappa shape index (κ3) is 3.84. The predicted molar refractivity (Wildman–Crippen MR) is 85.4 cm³/mol. The highest BCUT2D eigenvalue weighted by molar-refractivity contribution is 7.89. The summed E-state index contributed by atoms with van der Waals surface area (Å²) in [5, 5.41) is 0. The van der Waals surface area contributed by atoms with E-state index in [1.165, 1.54) is 12.8 Å². The lowest BCUT2D eigenvalue weighted by molar-refractivity contribution is 0.262. The molecule has 21 heavy (non-hydrogen) atoms. The third-order valence-electron chi connectivity index (χ3n) is 4.29. The molecule has 0 aliphatic carbocycles. The molecule has 1 unspecified atom stereocenters. The maximum absolute atomic E-state index is 12.7. The highest BCUT2D eigenvalue weighted by Gasteiger charge is 2.29. The first-order valence-electron chi connectivity index (χ1n) is 7.81. The first-order chi connectivity index (χ1) is 9.95. The Balaban J connectivity index is 2.14. The minimum absolute atomic E-state index is 0.157. The van der Waals surface area contributed by atoms with Gasteiger partial charge in [-0.2, -0.15) is 4.31 Å². The summed E-state index contributed by atoms with van der Waals surface area (Å²) in [5.74, 6) is 0.678. The number of hydrogen-bond donors (Lipinski definition) is 1. The van der Waals surface area contributed by atoms with Crippen molar-refractivity contribution in [3.8, 4) is 0 Å². The number of benzene rings is 1. The molecule has 0 spiro atoms. The summed E-state index contributed by atoms with van der Waals surface area (Å²) < 4.78 is 27.0. The van der Waals surface area contributed by atoms with Crippen LogP contribution < -0.4 is 5.73 Å². The molecule has 5 heteroatoms. The van der Waals surface area contributed by atoms with Gasteiger partial charge in [0.1, 0.15) is 0 Å². The highest BCUT2D eigenvalue weighted by atomic mass is 32.2. The molecule has 2 rings (SSSR count). The molecule has 0 bridgehead atoms. The molecule has 1 aromatic rings. The van der Waals surface area contributed by atoms with Gasteiger partial charge in [0, 0.05) is 19.1 Å². The molecule has 1 aromatic carbocycles. The fourth-order valence-electron chi connectivity index (χ4n) is 2.95. The van der Waals surface area contributed by atoms with E-state index in [1.54, 1.807) is 22.5 Å². The van der Waals surface area contributed by atoms with Gasteiger partial charge in [-0.05, 0) is 43.4 Å². The van der Waals surface area contributed by atoms with Gasteiger partial charge >= 0.3 is 0 Å². The summed E-state index contributed by atoms with van der Waals surface area (Å²) in [5.41, 5.74) is 6.71. The van der Waals surface area contributed by atoms with Crippen LogP contribution in [0.25, 0.3) is 0 Å². The monoisotopic (exact) mass is 310 g/mol. The first-order valence-corrected chi connectivity index (χ1v) is 9.25. The summed E-state index contributed by atoms with van der Waals surface area (Å²) in [6.45, 7) is 5.31. The number of piperidine rings is 1. The van der Waals surface area contributed by atoms with Crippen LogP contribution in [0.4, 0.5) is 0 Å². The number of nitrogens with two attached hydrogens (primary N) is 1. The minimum Gasteiger partial charge on any atom is -0.324 e. The van der Waals surface area contributed by atoms with Crippen molar-refractivity contribution in [2.45, 2.75) is 50.5 Å². The summed E-state index contributed by atoms with van der Waals surface area (Å²) in [6.07, 6.45) is 4.32. The molecule has 4 nitrogen and oxygen atoms in total. The Bertz CT molecular complexity index is 561. The average Bonchev–Trinajstić information content (AvgIpc) is 2.48. The zero-order chi connectivity index (χ0) is 15.5. The second-order valence-corrected chi connectivity index (χ2v) is 7.94. The molecule has 1 atom stereocenters. The molecule has 0 aromatic heterocycles. The number of nitrogens with zero attached hydrogens (tertiary/aromatic N) is 1. The van der Waals surface area contributed by atoms with E-state index in [-0.39, 0.29) is 6.04 Å². The molecule has 1 fully saturated rings. The molecular weight excluding hydrogens is 284 g/mol. The van der Waals surface area contributed by atoms with E-state index in [0.29, 0.717) is 23.9 Å². The van der Waals surface area contributed by atoms with Crippen molar-refractivity contribution in [2.75, 3.05) is 13.1 Å². The summed E-state index contributed by atoms with van der Waals surface area (Å²) in [7, 11) is -3.38. The number of sulfonamides is 1. The standard InChI is InChI=1S/C16H26N2O2S/c1-3-5-14-8-10-18(11-9-14)21(19,20)16-7-4-6-15(12-16)13(2)17/h4,6-7,12-14H,3,5,8-11,17H2,1-2H3. The Labute approximate surface area is 128 Å². The average molecular weight is 310 g/mol. The molecule has 0 radical (unpaired) electrons. The minimum atomic E-state index is -3.38. The van der Waals surface area contributed by atoms with Crippen LogP contribution in [-0.2, 0) is 10.0 Å². The van der Waals surface area contributed by atoms with Gasteiger partial charge in [0.05, 0.1) is 4.90 Å². The Kier molecular flexibility index (Phi) is 5.41. The molecule has 1 aliphatic rings. The Hall–Kier alpha value is -0.910. The van der Waals surface area contributed by atoms with Crippen LogP contribution in [0.15, 0.2) is 29.2 Å². The van der Waals surface area contributed by atoms with Gasteiger partial charge in [-0.15, -0.1) is 0 Å². The van der Waals surface area contributed by atoms with E-state index < -0.39 is 10.0 Å². The molecule has 1 aliphatic heterocycles. The molecule has 0 amide bonds. The van der Waals surface area contributed by atoms with E-state index in [0.717, 1.165) is 18.4 Å². The Morgan fingerprint density at radius 3 is 2.57 bits per heavy atom. The van der Waals surface area contributed by atoms with E-state index >= 15 is 0 Å². The second kappa shape index (κ2) is 6.90. The predicted octanol–water partition coefficient (Wildman–Crippen LogP) is 2.91. The lowest BCUT2D eigenvalue weighted by Gasteiger charge is -2.31. The molecular formula is C16H26N2O2S. The van der Waals surface area contributed by atoms with Crippen molar-refractivity contribution >= 4 is 10.0 Å². The van der Waals surface area contributed by atoms with Gasteiger partial charge in [-0.3, -0.25) is 0 Å². The van der Waals surface area contributed by atoms with Gasteiger partial charge in [-0.25, -0.2) is 8.42 Å². The second-order valence-electron chi connectivity index (χ2n) is 6.00. The maximum Gasteiger partial charge on any atom is 0.243 e. The van der Waals surface area contributed by atoms with Gasteiger partial charge in [-0.1, -0.05) is 31.9 Å². The van der Waals surface area contributed by atoms with Gasteiger partial charge in [0.2, 0.25) is 10.0 Å². The van der Waals surface area contributed by atoms with E-state index in [4.69, 9.17) is 5.73 Å². The topological polar surface area (TPSA) is 63.4 Å². The van der Waals surface area contributed by atoms with Crippen LogP contribution in [0.1, 0.15) is 51.1 Å². The zero-order valence-corrected chi connectivity index (χ0v) is 13.8. The van der Waals surface area contributed by atoms with Crippen molar-refractivity contribution in [3.05, 3.63) is 29.8 Å². The van der Waals surface area contributed by atoms with Gasteiger partial charge < -0.3 is 5.73 Å². The quantitative estimate of drug-likeness (QED) is 0.909. The van der Waals surface area contributed by atoms with Crippen LogP contribution in [0.3, 0.4) is 0 Å². The lowest BCUT2D eigenvalue weighted by Crippen LogP contribution is -2.38. The van der Waals surface area contributed by atoms with Crippen LogP contribution in [0, 0.1) is 5.92 Å². The largest absolute Gasteiger partial charge is 0.324 e. The number of hydrogen-bond acceptors (Lipinski definition) is 3. The summed E-state index contributed by atoms with van der Waals surface area (Å²) in [6, 6.07) is 6.86. The van der Waals surface area contributed by atoms with Crippen molar-refractivity contribution in [1.29, 1.82) is 0 Å². The highest BCUT2D eigenvalue weighted by Crippen LogP contribution is 2.27. The molecule has 2 N–H and O–H groups in total. The maximum atomic E-state index is 12.7. The van der Waals surface area contributed by atoms with Crippen molar-refractivity contribution < 1.29 is 8.42 Å². The lowest BCUT2D eigenvalue weighted by atomic mass is 9.94. The molecule has 118 valence electrons. The summed E-state index contributed by atoms with van der Waals surface area (Å²) in [4.78, 5) is 0.367. The fraction of sp³-hybridized carbons (Fsp3) is 0.625. The SMILES string of the molecule is CCCC1CCN(S(=O)(=O)c2cccc(C(C)N)c2)CC1. The van der Waals surface area contributed by atoms with Crippen molar-refractivity contribution in [3.63, 3.8) is 0 Å². The molecule has 0 saturated carbocycles. The van der Waals surface area contributed by atoms with Crippen LogP contribution in [0.2, 0.25) is 0 Å². The smallest absolute Gasteiger partial charge is 0.243 e. The first kappa shape index (κ1) is 16.5. The molecule has 1 saturated heterocycles. The van der Waals surface area contributed by atoms with Crippen LogP contribution in [-0.4, -0.2) is 25.8 Å². The number of rotatable bonds is 5. The van der Waals surface area contributed by atoms with Crippen LogP contribution >= 0.6 is 0 Å². The van der Waals surface area contributed by atoms with E-state index in [1.807, 2.05) is 13.0 Å². The van der Waals surface area contributed by atoms with Crippen LogP contribution in [0.5, 0.6) is 0 Å². The Morgan fingerprint density at radius 2 is 2.00 bits per heavy atom. The Morgan fingerprint density at radius 1 is 1.33 bits per heavy atom. The normalized spacial score (nSPS) is 19.6. The zero-order valence-electron chi connectivity index (χ0n) is 13.0. The van der Waals surface area contributed by atoms with Gasteiger partial charge in [0.15, 0.2) is 0 Å².